The molecule has 4 rings (SSSR count). The molecule has 0 spiro atoms. The van der Waals surface area contributed by atoms with Gasteiger partial charge in [-0.3, -0.25) is 5.10 Å². The summed E-state index contributed by atoms with van der Waals surface area (Å²) in [5.41, 5.74) is 2.92. The number of hydrogen-bond acceptors (Lipinski definition) is 6. The van der Waals surface area contributed by atoms with Crippen LogP contribution in [0.3, 0.4) is 0 Å². The summed E-state index contributed by atoms with van der Waals surface area (Å²) in [4.78, 5) is 13.1. The van der Waals surface area contributed by atoms with E-state index in [1.807, 2.05) is 12.1 Å². The quantitative estimate of drug-likeness (QED) is 0.794. The number of H-pyrrole nitrogens is 1. The monoisotopic (exact) mass is 348 g/mol. The van der Waals surface area contributed by atoms with Crippen LogP contribution in [-0.2, 0) is 20.3 Å². The number of sulfone groups is 1. The van der Waals surface area contributed by atoms with E-state index in [0.29, 0.717) is 33.0 Å². The zero-order valence-electron chi connectivity index (χ0n) is 12.1. The molecule has 0 amide bonds. The number of fused-ring (bicyclic) bond motifs is 4. The normalized spacial score (nSPS) is 18.0. The molecule has 2 aliphatic heterocycles. The number of hydrogen-bond donors (Lipinski definition) is 1. The number of ether oxygens (including phenoxy) is 1. The van der Waals surface area contributed by atoms with Crippen LogP contribution in [0.15, 0.2) is 29.2 Å². The van der Waals surface area contributed by atoms with Crippen molar-refractivity contribution < 1.29 is 17.9 Å². The lowest BCUT2D eigenvalue weighted by molar-refractivity contribution is 0.0593. The molecule has 0 bridgehead atoms. The van der Waals surface area contributed by atoms with E-state index in [9.17, 15) is 13.2 Å². The lowest BCUT2D eigenvalue weighted by Crippen LogP contribution is -2.19. The number of nitrogens with zero attached hydrogens (tertiary/aromatic N) is 1. The first-order chi connectivity index (χ1) is 11.0. The predicted octanol–water partition coefficient (Wildman–Crippen LogP) is 2.10. The molecule has 0 radical (unpaired) electrons. The summed E-state index contributed by atoms with van der Waals surface area (Å²) in [6.45, 7) is 0. The minimum atomic E-state index is -3.41. The van der Waals surface area contributed by atoms with Gasteiger partial charge in [0.1, 0.15) is 5.69 Å². The van der Waals surface area contributed by atoms with E-state index in [-0.39, 0.29) is 11.4 Å². The van der Waals surface area contributed by atoms with Gasteiger partial charge in [-0.25, -0.2) is 13.2 Å². The minimum absolute atomic E-state index is 0.106. The molecule has 0 atom stereocenters. The van der Waals surface area contributed by atoms with Crippen LogP contribution in [0, 0.1) is 0 Å². The first kappa shape index (κ1) is 14.5. The second-order valence-corrected chi connectivity index (χ2v) is 8.21. The maximum Gasteiger partial charge on any atom is 0.356 e. The number of methoxy groups -OCH3 is 1. The summed E-state index contributed by atoms with van der Waals surface area (Å²) in [5.74, 6) is -0.0589. The van der Waals surface area contributed by atoms with Gasteiger partial charge in [-0.2, -0.15) is 5.10 Å². The zero-order chi connectivity index (χ0) is 16.2. The Balaban J connectivity index is 1.95. The van der Waals surface area contributed by atoms with Crippen molar-refractivity contribution in [3.05, 3.63) is 46.8 Å². The van der Waals surface area contributed by atoms with Crippen LogP contribution in [-0.4, -0.2) is 37.4 Å². The molecule has 3 heterocycles. The number of aromatic amines is 1. The molecule has 0 aliphatic carbocycles. The Morgan fingerprint density at radius 3 is 2.91 bits per heavy atom. The third-order valence-corrected chi connectivity index (χ3v) is 6.86. The smallest absolute Gasteiger partial charge is 0.356 e. The number of esters is 1. The average molecular weight is 348 g/mol. The highest BCUT2D eigenvalue weighted by molar-refractivity contribution is 8.08. The first-order valence-corrected chi connectivity index (χ1v) is 9.50. The van der Waals surface area contributed by atoms with E-state index >= 15 is 0 Å². The van der Waals surface area contributed by atoms with Crippen molar-refractivity contribution in [1.29, 1.82) is 0 Å². The molecule has 2 aromatic rings. The van der Waals surface area contributed by atoms with Crippen molar-refractivity contribution in [2.45, 2.75) is 10.6 Å². The second-order valence-electron chi connectivity index (χ2n) is 5.27. The van der Waals surface area contributed by atoms with E-state index in [1.165, 1.54) is 18.9 Å². The van der Waals surface area contributed by atoms with Gasteiger partial charge in [0.2, 0.25) is 0 Å². The molecule has 1 aromatic heterocycles. The van der Waals surface area contributed by atoms with Crippen LogP contribution in [0.5, 0.6) is 0 Å². The lowest BCUT2D eigenvalue weighted by atomic mass is 10.0. The fourth-order valence-electron chi connectivity index (χ4n) is 2.93. The van der Waals surface area contributed by atoms with Crippen LogP contribution < -0.4 is 0 Å². The summed E-state index contributed by atoms with van der Waals surface area (Å²) < 4.78 is 29.9. The summed E-state index contributed by atoms with van der Waals surface area (Å²) >= 11 is 1.53. The standard InChI is InChI=1S/C15H12N2O4S2/c1-21-15(18)13-9-6-22-14-8-4-2-3-5-11(8)23(19,20)7-10(14)12(9)16-17-13/h2-5H,6-7H2,1H3,(H,16,17). The molecule has 1 aromatic carbocycles. The maximum atomic E-state index is 12.6. The zero-order valence-corrected chi connectivity index (χ0v) is 13.8. The molecule has 118 valence electrons. The fraction of sp³-hybridized carbons (Fsp3) is 0.200. The highest BCUT2D eigenvalue weighted by Gasteiger charge is 2.36. The largest absolute Gasteiger partial charge is 0.464 e. The third kappa shape index (κ3) is 2.05. The Morgan fingerprint density at radius 2 is 2.13 bits per heavy atom. The van der Waals surface area contributed by atoms with Gasteiger partial charge >= 0.3 is 5.97 Å². The molecule has 6 nitrogen and oxygen atoms in total. The fourth-order valence-corrected chi connectivity index (χ4v) is 5.94. The molecule has 8 heteroatoms. The number of nitrogens with one attached hydrogen (secondary N) is 1. The third-order valence-electron chi connectivity index (χ3n) is 3.98. The van der Waals surface area contributed by atoms with Crippen LogP contribution in [0.2, 0.25) is 0 Å². The van der Waals surface area contributed by atoms with Gasteiger partial charge in [-0.05, 0) is 6.07 Å². The molecule has 23 heavy (non-hydrogen) atoms. The summed E-state index contributed by atoms with van der Waals surface area (Å²) in [5, 5.41) is 6.87. The van der Waals surface area contributed by atoms with Gasteiger partial charge in [0, 0.05) is 27.4 Å². The van der Waals surface area contributed by atoms with E-state index in [0.717, 1.165) is 4.91 Å². The number of carbonyl (C=O) groups is 1. The highest BCUT2D eigenvalue weighted by atomic mass is 32.2. The van der Waals surface area contributed by atoms with E-state index in [2.05, 4.69) is 10.2 Å². The van der Waals surface area contributed by atoms with Crippen LogP contribution in [0.1, 0.15) is 27.3 Å². The minimum Gasteiger partial charge on any atom is -0.464 e. The predicted molar refractivity (Wildman–Crippen MR) is 86.5 cm³/mol. The van der Waals surface area contributed by atoms with Gasteiger partial charge in [0.25, 0.3) is 0 Å². The number of rotatable bonds is 1. The van der Waals surface area contributed by atoms with Crippen molar-refractivity contribution >= 4 is 38.0 Å². The summed E-state index contributed by atoms with van der Waals surface area (Å²) in [6, 6.07) is 7.00. The Bertz CT molecular complexity index is 973. The molecule has 2 aliphatic rings. The maximum absolute atomic E-state index is 12.6. The van der Waals surface area contributed by atoms with Crippen molar-refractivity contribution in [2.24, 2.45) is 0 Å². The van der Waals surface area contributed by atoms with Gasteiger partial charge < -0.3 is 4.74 Å². The first-order valence-electron chi connectivity index (χ1n) is 6.87. The molecule has 1 N–H and O–H groups in total. The van der Waals surface area contributed by atoms with Crippen LogP contribution in [0.25, 0.3) is 10.5 Å². The molecule has 0 saturated heterocycles. The Morgan fingerprint density at radius 1 is 1.35 bits per heavy atom. The Labute approximate surface area is 136 Å². The van der Waals surface area contributed by atoms with Gasteiger partial charge in [0.15, 0.2) is 9.84 Å². The summed E-state index contributed by atoms with van der Waals surface area (Å²) in [6.07, 6.45) is 0. The number of aromatic nitrogens is 2. The number of benzene rings is 1. The Kier molecular flexibility index (Phi) is 3.14. The molecular weight excluding hydrogens is 336 g/mol. The van der Waals surface area contributed by atoms with E-state index < -0.39 is 15.8 Å². The van der Waals surface area contributed by atoms with Crippen LogP contribution >= 0.6 is 11.8 Å². The molecule has 0 fully saturated rings. The van der Waals surface area contributed by atoms with Gasteiger partial charge in [-0.1, -0.05) is 18.2 Å². The Hall–Kier alpha value is -2.06. The average Bonchev–Trinajstić information content (AvgIpc) is 2.98. The van der Waals surface area contributed by atoms with Gasteiger partial charge in [0.05, 0.1) is 23.5 Å². The molecule has 0 saturated carbocycles. The molecule has 0 unspecified atom stereocenters. The lowest BCUT2D eigenvalue weighted by Gasteiger charge is -2.26. The SMILES string of the molecule is COC(=O)c1[nH]nc2c1CSC1=C2CS(=O)(=O)c2ccccc21. The second kappa shape index (κ2) is 4.97. The molecular formula is C15H12N2O4S2. The van der Waals surface area contributed by atoms with E-state index in [4.69, 9.17) is 4.74 Å². The van der Waals surface area contributed by atoms with E-state index in [1.54, 1.807) is 12.1 Å². The number of carbonyl (C=O) groups excluding carboxylic acids is 1. The highest BCUT2D eigenvalue weighted by Crippen LogP contribution is 2.48. The number of thioether (sulfide) groups is 1. The topological polar surface area (TPSA) is 89.1 Å². The van der Waals surface area contributed by atoms with Gasteiger partial charge in [-0.15, -0.1) is 11.8 Å². The van der Waals surface area contributed by atoms with Crippen LogP contribution in [0.4, 0.5) is 0 Å². The van der Waals surface area contributed by atoms with Crippen molar-refractivity contribution in [3.63, 3.8) is 0 Å². The summed E-state index contributed by atoms with van der Waals surface area (Å²) in [7, 11) is -2.11. The van der Waals surface area contributed by atoms with Crippen molar-refractivity contribution in [2.75, 3.05) is 12.9 Å². The van der Waals surface area contributed by atoms with Crippen molar-refractivity contribution in [3.8, 4) is 0 Å². The van der Waals surface area contributed by atoms with Crippen molar-refractivity contribution in [1.82, 2.24) is 10.2 Å².